The molecule has 0 aliphatic carbocycles. The van der Waals surface area contributed by atoms with Crippen LogP contribution in [0.25, 0.3) is 0 Å². The van der Waals surface area contributed by atoms with Gasteiger partial charge in [0.15, 0.2) is 5.75 Å². The Morgan fingerprint density at radius 2 is 2.00 bits per heavy atom. The van der Waals surface area contributed by atoms with Gasteiger partial charge in [-0.3, -0.25) is 0 Å². The van der Waals surface area contributed by atoms with Gasteiger partial charge in [-0.1, -0.05) is 11.6 Å². The fourth-order valence-electron chi connectivity index (χ4n) is 1.55. The van der Waals surface area contributed by atoms with Crippen LogP contribution in [0.15, 0.2) is 36.4 Å². The Bertz CT molecular complexity index is 632. The van der Waals surface area contributed by atoms with E-state index < -0.39 is 0 Å². The highest BCUT2D eigenvalue weighted by Crippen LogP contribution is 2.30. The van der Waals surface area contributed by atoms with Crippen LogP contribution in [0.1, 0.15) is 11.1 Å². The summed E-state index contributed by atoms with van der Waals surface area (Å²) in [6.07, 6.45) is 0. The van der Waals surface area contributed by atoms with Crippen LogP contribution in [0.2, 0.25) is 5.02 Å². The van der Waals surface area contributed by atoms with E-state index in [1.54, 1.807) is 36.4 Å². The molecule has 2 aromatic carbocycles. The molecule has 0 aliphatic rings. The summed E-state index contributed by atoms with van der Waals surface area (Å²) in [5.74, 6) is 1.13. The summed E-state index contributed by atoms with van der Waals surface area (Å²) in [6.45, 7) is 1.85. The molecule has 2 rings (SSSR count). The van der Waals surface area contributed by atoms with Crippen molar-refractivity contribution in [3.63, 3.8) is 0 Å². The molecular formula is C14H11ClN2O. The molecule has 18 heavy (non-hydrogen) atoms. The second-order valence-electron chi connectivity index (χ2n) is 3.87. The van der Waals surface area contributed by atoms with E-state index in [1.807, 2.05) is 6.92 Å². The molecule has 0 spiro atoms. The Kier molecular flexibility index (Phi) is 3.40. The van der Waals surface area contributed by atoms with Gasteiger partial charge in [0.25, 0.3) is 0 Å². The molecule has 2 N–H and O–H groups in total. The zero-order valence-electron chi connectivity index (χ0n) is 9.77. The second kappa shape index (κ2) is 4.99. The maximum Gasteiger partial charge on any atom is 0.151 e. The highest BCUT2D eigenvalue weighted by Gasteiger charge is 2.05. The van der Waals surface area contributed by atoms with Crippen LogP contribution < -0.4 is 10.5 Å². The molecule has 0 saturated carbocycles. The molecule has 0 aromatic heterocycles. The Labute approximate surface area is 110 Å². The number of nitrogen functional groups attached to an aromatic ring is 1. The molecule has 0 amide bonds. The number of aryl methyl sites for hydroxylation is 1. The first-order chi connectivity index (χ1) is 8.60. The predicted molar refractivity (Wildman–Crippen MR) is 71.8 cm³/mol. The van der Waals surface area contributed by atoms with Gasteiger partial charge >= 0.3 is 0 Å². The average molecular weight is 259 g/mol. The third-order valence-corrected chi connectivity index (χ3v) is 2.76. The van der Waals surface area contributed by atoms with E-state index in [-0.39, 0.29) is 0 Å². The third-order valence-electron chi connectivity index (χ3n) is 2.52. The van der Waals surface area contributed by atoms with E-state index in [2.05, 4.69) is 6.07 Å². The van der Waals surface area contributed by atoms with Crippen LogP contribution >= 0.6 is 11.6 Å². The van der Waals surface area contributed by atoms with Gasteiger partial charge in [0, 0.05) is 11.1 Å². The number of nitrogens with two attached hydrogens (primary N) is 1. The largest absolute Gasteiger partial charge is 0.455 e. The van der Waals surface area contributed by atoms with E-state index in [4.69, 9.17) is 27.3 Å². The highest BCUT2D eigenvalue weighted by molar-refractivity contribution is 6.30. The van der Waals surface area contributed by atoms with Crippen molar-refractivity contribution in [2.45, 2.75) is 6.92 Å². The molecule has 90 valence electrons. The zero-order valence-corrected chi connectivity index (χ0v) is 10.5. The number of benzene rings is 2. The molecule has 4 heteroatoms. The molecule has 0 radical (unpaired) electrons. The summed E-state index contributed by atoms with van der Waals surface area (Å²) >= 11 is 5.88. The van der Waals surface area contributed by atoms with Crippen LogP contribution in [0, 0.1) is 18.3 Å². The van der Waals surface area contributed by atoms with Gasteiger partial charge in [-0.05, 0) is 42.8 Å². The Morgan fingerprint density at radius 3 is 2.67 bits per heavy atom. The number of halogens is 1. The van der Waals surface area contributed by atoms with Gasteiger partial charge in [0.1, 0.15) is 5.75 Å². The lowest BCUT2D eigenvalue weighted by molar-refractivity contribution is 0.484. The van der Waals surface area contributed by atoms with E-state index in [9.17, 15) is 0 Å². The van der Waals surface area contributed by atoms with Crippen LogP contribution in [0.5, 0.6) is 11.5 Å². The summed E-state index contributed by atoms with van der Waals surface area (Å²) in [5.41, 5.74) is 7.79. The minimum Gasteiger partial charge on any atom is -0.455 e. The molecule has 0 fully saturated rings. The smallest absolute Gasteiger partial charge is 0.151 e. The minimum absolute atomic E-state index is 0.506. The minimum atomic E-state index is 0.506. The number of ether oxygens (including phenoxy) is 1. The van der Waals surface area contributed by atoms with Crippen LogP contribution in [0.3, 0.4) is 0 Å². The predicted octanol–water partition coefficient (Wildman–Crippen LogP) is 3.89. The van der Waals surface area contributed by atoms with Crippen molar-refractivity contribution < 1.29 is 4.74 Å². The van der Waals surface area contributed by atoms with Crippen molar-refractivity contribution in [3.05, 3.63) is 52.5 Å². The lowest BCUT2D eigenvalue weighted by atomic mass is 10.1. The molecule has 0 aliphatic heterocycles. The van der Waals surface area contributed by atoms with Gasteiger partial charge < -0.3 is 10.5 Å². The van der Waals surface area contributed by atoms with Crippen LogP contribution in [-0.2, 0) is 0 Å². The van der Waals surface area contributed by atoms with Gasteiger partial charge in [-0.15, -0.1) is 0 Å². The normalized spacial score (nSPS) is 9.83. The van der Waals surface area contributed by atoms with E-state index >= 15 is 0 Å². The van der Waals surface area contributed by atoms with Crippen molar-refractivity contribution in [2.75, 3.05) is 5.73 Å². The topological polar surface area (TPSA) is 59.0 Å². The monoisotopic (exact) mass is 258 g/mol. The van der Waals surface area contributed by atoms with Crippen molar-refractivity contribution in [2.24, 2.45) is 0 Å². The first-order valence-electron chi connectivity index (χ1n) is 5.34. The quantitative estimate of drug-likeness (QED) is 0.831. The summed E-state index contributed by atoms with van der Waals surface area (Å²) in [4.78, 5) is 0. The highest BCUT2D eigenvalue weighted by atomic mass is 35.5. The maximum atomic E-state index is 8.85. The summed E-state index contributed by atoms with van der Waals surface area (Å²) < 4.78 is 5.65. The zero-order chi connectivity index (χ0) is 13.1. The molecule has 0 atom stereocenters. The molecule has 0 bridgehead atoms. The molecule has 2 aromatic rings. The van der Waals surface area contributed by atoms with Gasteiger partial charge in [0.05, 0.1) is 17.3 Å². The molecular weight excluding hydrogens is 248 g/mol. The average Bonchev–Trinajstić information content (AvgIpc) is 2.34. The van der Waals surface area contributed by atoms with Crippen LogP contribution in [-0.4, -0.2) is 0 Å². The molecule has 0 heterocycles. The number of rotatable bonds is 2. The van der Waals surface area contributed by atoms with Crippen molar-refractivity contribution in [1.29, 1.82) is 5.26 Å². The van der Waals surface area contributed by atoms with E-state index in [0.717, 1.165) is 5.56 Å². The number of nitrogens with zero attached hydrogens (tertiary/aromatic N) is 1. The first-order valence-corrected chi connectivity index (χ1v) is 5.71. The molecule has 0 unspecified atom stereocenters. The fourth-order valence-corrected chi connectivity index (χ4v) is 1.71. The summed E-state index contributed by atoms with van der Waals surface area (Å²) in [5, 5.41) is 9.41. The van der Waals surface area contributed by atoms with E-state index in [1.165, 1.54) is 0 Å². The Hall–Kier alpha value is -2.18. The lowest BCUT2D eigenvalue weighted by Crippen LogP contribution is -1.92. The number of anilines is 1. The van der Waals surface area contributed by atoms with Crippen molar-refractivity contribution >= 4 is 17.3 Å². The number of nitriles is 1. The van der Waals surface area contributed by atoms with Gasteiger partial charge in [-0.25, -0.2) is 0 Å². The van der Waals surface area contributed by atoms with E-state index in [0.29, 0.717) is 27.8 Å². The maximum absolute atomic E-state index is 8.85. The Balaban J connectivity index is 2.32. The van der Waals surface area contributed by atoms with Crippen LogP contribution in [0.4, 0.5) is 5.69 Å². The summed E-state index contributed by atoms with van der Waals surface area (Å²) in [7, 11) is 0. The SMILES string of the molecule is Cc1cc(Oc2cc(Cl)ccc2N)ccc1C#N. The first kappa shape index (κ1) is 12.3. The molecule has 3 nitrogen and oxygen atoms in total. The lowest BCUT2D eigenvalue weighted by Gasteiger charge is -2.09. The van der Waals surface area contributed by atoms with Gasteiger partial charge in [0.2, 0.25) is 0 Å². The number of hydrogen-bond donors (Lipinski definition) is 1. The molecule has 0 saturated heterocycles. The van der Waals surface area contributed by atoms with Crippen molar-refractivity contribution in [1.82, 2.24) is 0 Å². The Morgan fingerprint density at radius 1 is 1.22 bits per heavy atom. The summed E-state index contributed by atoms with van der Waals surface area (Å²) in [6, 6.07) is 12.4. The fraction of sp³-hybridized carbons (Fsp3) is 0.0714. The van der Waals surface area contributed by atoms with Gasteiger partial charge in [-0.2, -0.15) is 5.26 Å². The van der Waals surface area contributed by atoms with Crippen molar-refractivity contribution in [3.8, 4) is 17.6 Å². The second-order valence-corrected chi connectivity index (χ2v) is 4.31. The third kappa shape index (κ3) is 2.55. The number of hydrogen-bond acceptors (Lipinski definition) is 3. The standard InChI is InChI=1S/C14H11ClN2O/c1-9-6-12(4-2-10(9)8-16)18-14-7-11(15)3-5-13(14)17/h2-7H,17H2,1H3.